The molecule has 0 saturated carbocycles. The lowest BCUT2D eigenvalue weighted by Crippen LogP contribution is -2.44. The lowest BCUT2D eigenvalue weighted by Gasteiger charge is -2.18. The second-order valence-electron chi connectivity index (χ2n) is 4.22. The van der Waals surface area contributed by atoms with Gasteiger partial charge >= 0.3 is 0 Å². The van der Waals surface area contributed by atoms with Gasteiger partial charge in [0.2, 0.25) is 15.9 Å². The predicted molar refractivity (Wildman–Crippen MR) is 69.6 cm³/mol. The average Bonchev–Trinajstić information content (AvgIpc) is 2.37. The number of hydrogen-bond acceptors (Lipinski definition) is 4. The Labute approximate surface area is 112 Å². The highest BCUT2D eigenvalue weighted by Gasteiger charge is 2.23. The van der Waals surface area contributed by atoms with E-state index < -0.39 is 16.1 Å². The smallest absolute Gasteiger partial charge is 0.241 e. The molecule has 0 radical (unpaired) electrons. The van der Waals surface area contributed by atoms with Crippen molar-refractivity contribution in [3.8, 4) is 6.07 Å². The first kappa shape index (κ1) is 15.1. The molecule has 0 heterocycles. The lowest BCUT2D eigenvalue weighted by molar-refractivity contribution is -0.130. The predicted octanol–water partition coefficient (Wildman–Crippen LogP) is 0.313. The highest BCUT2D eigenvalue weighted by molar-refractivity contribution is 7.89. The summed E-state index contributed by atoms with van der Waals surface area (Å²) in [5.74, 6) is -0.347. The van der Waals surface area contributed by atoms with Gasteiger partial charge in [-0.05, 0) is 25.1 Å². The summed E-state index contributed by atoms with van der Waals surface area (Å²) in [7, 11) is -0.729. The van der Waals surface area contributed by atoms with Crippen molar-refractivity contribution in [2.24, 2.45) is 0 Å². The molecule has 0 fully saturated rings. The van der Waals surface area contributed by atoms with Gasteiger partial charge in [0.15, 0.2) is 0 Å². The minimum Gasteiger partial charge on any atom is -0.347 e. The Hall–Kier alpha value is -1.91. The third kappa shape index (κ3) is 3.77. The third-order valence-electron chi connectivity index (χ3n) is 2.42. The number of carbonyl (C=O) groups excluding carboxylic acids is 1. The number of amides is 1. The standard InChI is InChI=1S/C12H15N3O3S/c1-9(12(16)15(2)3)14-19(17,18)11-6-4-5-10(7-11)8-13/h4-7,9,14H,1-3H3. The van der Waals surface area contributed by atoms with Crippen LogP contribution in [0.15, 0.2) is 29.2 Å². The van der Waals surface area contributed by atoms with Crippen LogP contribution in [0.5, 0.6) is 0 Å². The van der Waals surface area contributed by atoms with Gasteiger partial charge in [-0.25, -0.2) is 8.42 Å². The van der Waals surface area contributed by atoms with Gasteiger partial charge in [0.05, 0.1) is 22.6 Å². The van der Waals surface area contributed by atoms with E-state index in [2.05, 4.69) is 4.72 Å². The average molecular weight is 281 g/mol. The van der Waals surface area contributed by atoms with E-state index in [1.807, 2.05) is 6.07 Å². The molecule has 1 N–H and O–H groups in total. The molecule has 1 atom stereocenters. The molecule has 102 valence electrons. The van der Waals surface area contributed by atoms with Crippen LogP contribution in [-0.2, 0) is 14.8 Å². The van der Waals surface area contributed by atoms with E-state index in [0.717, 1.165) is 0 Å². The molecule has 1 aromatic carbocycles. The van der Waals surface area contributed by atoms with Crippen molar-refractivity contribution in [1.82, 2.24) is 9.62 Å². The van der Waals surface area contributed by atoms with Crippen LogP contribution in [-0.4, -0.2) is 39.4 Å². The maximum atomic E-state index is 12.0. The van der Waals surface area contributed by atoms with Crippen molar-refractivity contribution in [3.63, 3.8) is 0 Å². The number of rotatable bonds is 4. The maximum Gasteiger partial charge on any atom is 0.241 e. The fourth-order valence-electron chi connectivity index (χ4n) is 1.47. The molecule has 1 rings (SSSR count). The molecular formula is C12H15N3O3S. The lowest BCUT2D eigenvalue weighted by atomic mass is 10.2. The van der Waals surface area contributed by atoms with Crippen molar-refractivity contribution >= 4 is 15.9 Å². The highest BCUT2D eigenvalue weighted by Crippen LogP contribution is 2.11. The first-order valence-electron chi connectivity index (χ1n) is 5.51. The molecule has 1 aromatic rings. The number of sulfonamides is 1. The second-order valence-corrected chi connectivity index (χ2v) is 5.93. The van der Waals surface area contributed by atoms with Gasteiger partial charge in [0, 0.05) is 14.1 Å². The van der Waals surface area contributed by atoms with E-state index >= 15 is 0 Å². The van der Waals surface area contributed by atoms with Crippen molar-refractivity contribution in [2.45, 2.75) is 17.9 Å². The Morgan fingerprint density at radius 1 is 1.42 bits per heavy atom. The van der Waals surface area contributed by atoms with Crippen LogP contribution >= 0.6 is 0 Å². The summed E-state index contributed by atoms with van der Waals surface area (Å²) in [5.41, 5.74) is 0.245. The molecule has 0 saturated heterocycles. The summed E-state index contributed by atoms with van der Waals surface area (Å²) < 4.78 is 26.4. The summed E-state index contributed by atoms with van der Waals surface area (Å²) in [6, 6.07) is 6.61. The van der Waals surface area contributed by atoms with Gasteiger partial charge in [-0.3, -0.25) is 4.79 Å². The number of nitrogens with zero attached hydrogens (tertiary/aromatic N) is 2. The largest absolute Gasteiger partial charge is 0.347 e. The molecule has 0 bridgehead atoms. The molecular weight excluding hydrogens is 266 g/mol. The Morgan fingerprint density at radius 3 is 2.58 bits per heavy atom. The van der Waals surface area contributed by atoms with Crippen LogP contribution in [0.4, 0.5) is 0 Å². The zero-order valence-electron chi connectivity index (χ0n) is 10.9. The van der Waals surface area contributed by atoms with Gasteiger partial charge in [0.1, 0.15) is 0 Å². The van der Waals surface area contributed by atoms with Gasteiger partial charge < -0.3 is 4.90 Å². The van der Waals surface area contributed by atoms with E-state index in [0.29, 0.717) is 0 Å². The van der Waals surface area contributed by atoms with E-state index in [-0.39, 0.29) is 16.4 Å². The molecule has 0 aliphatic carbocycles. The summed E-state index contributed by atoms with van der Waals surface area (Å²) >= 11 is 0. The van der Waals surface area contributed by atoms with E-state index in [4.69, 9.17) is 5.26 Å². The number of benzene rings is 1. The van der Waals surface area contributed by atoms with Crippen molar-refractivity contribution in [2.75, 3.05) is 14.1 Å². The summed E-state index contributed by atoms with van der Waals surface area (Å²) in [6.45, 7) is 1.47. The van der Waals surface area contributed by atoms with Crippen LogP contribution < -0.4 is 4.72 Å². The monoisotopic (exact) mass is 281 g/mol. The van der Waals surface area contributed by atoms with Crippen molar-refractivity contribution in [3.05, 3.63) is 29.8 Å². The van der Waals surface area contributed by atoms with Gasteiger partial charge in [-0.1, -0.05) is 6.07 Å². The van der Waals surface area contributed by atoms with Gasteiger partial charge in [0.25, 0.3) is 0 Å². The summed E-state index contributed by atoms with van der Waals surface area (Å²) in [6.07, 6.45) is 0. The first-order chi connectivity index (χ1) is 8.77. The Kier molecular flexibility index (Phi) is 4.64. The SMILES string of the molecule is CC(NS(=O)(=O)c1cccc(C#N)c1)C(=O)N(C)C. The number of carbonyl (C=O) groups is 1. The van der Waals surface area contributed by atoms with Gasteiger partial charge in [-0.2, -0.15) is 9.98 Å². The van der Waals surface area contributed by atoms with Crippen LogP contribution in [0.3, 0.4) is 0 Å². The zero-order valence-corrected chi connectivity index (χ0v) is 11.7. The summed E-state index contributed by atoms with van der Waals surface area (Å²) in [4.78, 5) is 12.9. The summed E-state index contributed by atoms with van der Waals surface area (Å²) in [5, 5.41) is 8.74. The fraction of sp³-hybridized carbons (Fsp3) is 0.333. The normalized spacial score (nSPS) is 12.5. The third-order valence-corrected chi connectivity index (χ3v) is 3.95. The van der Waals surface area contributed by atoms with Crippen molar-refractivity contribution < 1.29 is 13.2 Å². The highest BCUT2D eigenvalue weighted by atomic mass is 32.2. The first-order valence-corrected chi connectivity index (χ1v) is 7.00. The maximum absolute atomic E-state index is 12.0. The Balaban J connectivity index is 2.99. The molecule has 1 unspecified atom stereocenters. The van der Waals surface area contributed by atoms with E-state index in [1.165, 1.54) is 36.1 Å². The Morgan fingerprint density at radius 2 is 2.05 bits per heavy atom. The molecule has 0 aromatic heterocycles. The van der Waals surface area contributed by atoms with Crippen molar-refractivity contribution in [1.29, 1.82) is 5.26 Å². The van der Waals surface area contributed by atoms with Crippen LogP contribution in [0.1, 0.15) is 12.5 Å². The molecule has 19 heavy (non-hydrogen) atoms. The molecule has 0 spiro atoms. The second kappa shape index (κ2) is 5.82. The molecule has 7 heteroatoms. The number of nitrogens with one attached hydrogen (secondary N) is 1. The molecule has 0 aliphatic heterocycles. The zero-order chi connectivity index (χ0) is 14.6. The minimum absolute atomic E-state index is 0.0371. The minimum atomic E-state index is -3.82. The number of nitriles is 1. The molecule has 6 nitrogen and oxygen atoms in total. The topological polar surface area (TPSA) is 90.3 Å². The van der Waals surface area contributed by atoms with Crippen LogP contribution in [0.2, 0.25) is 0 Å². The van der Waals surface area contributed by atoms with Crippen LogP contribution in [0, 0.1) is 11.3 Å². The molecule has 1 amide bonds. The van der Waals surface area contributed by atoms with E-state index in [1.54, 1.807) is 14.1 Å². The number of likely N-dealkylation sites (N-methyl/N-ethyl adjacent to an activating group) is 1. The number of hydrogen-bond donors (Lipinski definition) is 1. The molecule has 0 aliphatic rings. The fourth-order valence-corrected chi connectivity index (χ4v) is 2.71. The Bertz CT molecular complexity index is 617. The quantitative estimate of drug-likeness (QED) is 0.860. The van der Waals surface area contributed by atoms with E-state index in [9.17, 15) is 13.2 Å². The van der Waals surface area contributed by atoms with Crippen LogP contribution in [0.25, 0.3) is 0 Å². The van der Waals surface area contributed by atoms with Gasteiger partial charge in [-0.15, -0.1) is 0 Å².